The number of H-pyrrole nitrogens is 1. The van der Waals surface area contributed by atoms with Crippen molar-refractivity contribution in [1.82, 2.24) is 14.5 Å². The van der Waals surface area contributed by atoms with Crippen LogP contribution in [0.15, 0.2) is 22.7 Å². The monoisotopic (exact) mass is 313 g/mol. The lowest BCUT2D eigenvalue weighted by atomic mass is 10.2. The first kappa shape index (κ1) is 12.8. The van der Waals surface area contributed by atoms with E-state index in [-0.39, 0.29) is 0 Å². The average molecular weight is 314 g/mol. The Morgan fingerprint density at radius 2 is 2.18 bits per heavy atom. The van der Waals surface area contributed by atoms with Crippen LogP contribution in [0.3, 0.4) is 0 Å². The number of hydrogen-bond donors (Lipinski definition) is 1. The molecular formula is C12H16BrN3S. The van der Waals surface area contributed by atoms with Crippen molar-refractivity contribution in [2.45, 2.75) is 13.0 Å². The summed E-state index contributed by atoms with van der Waals surface area (Å²) in [5.41, 5.74) is 2.24. The van der Waals surface area contributed by atoms with E-state index in [0.717, 1.165) is 26.8 Å². The number of likely N-dealkylation sites (N-methyl/N-ethyl adjacent to an activating group) is 1. The van der Waals surface area contributed by atoms with E-state index in [1.807, 2.05) is 12.1 Å². The van der Waals surface area contributed by atoms with Gasteiger partial charge in [0.25, 0.3) is 0 Å². The van der Waals surface area contributed by atoms with Gasteiger partial charge >= 0.3 is 0 Å². The Hall–Kier alpha value is -0.650. The summed E-state index contributed by atoms with van der Waals surface area (Å²) < 4.78 is 4.03. The number of rotatable bonds is 3. The van der Waals surface area contributed by atoms with Gasteiger partial charge in [-0.1, -0.05) is 15.9 Å². The van der Waals surface area contributed by atoms with Crippen LogP contribution in [0.4, 0.5) is 0 Å². The third-order valence-electron chi connectivity index (χ3n) is 2.75. The number of aromatic amines is 1. The van der Waals surface area contributed by atoms with Gasteiger partial charge in [0.05, 0.1) is 11.0 Å². The van der Waals surface area contributed by atoms with Crippen molar-refractivity contribution in [2.24, 2.45) is 0 Å². The molecule has 0 aliphatic carbocycles. The summed E-state index contributed by atoms with van der Waals surface area (Å²) in [6.45, 7) is 3.15. The van der Waals surface area contributed by atoms with Gasteiger partial charge in [-0.15, -0.1) is 0 Å². The standard InChI is InChI=1S/C12H16BrN3S/c1-8(7-15(2)3)16-11-6-9(13)4-5-10(11)14-12(16)17/h4-6,8H,7H2,1-3H3,(H,14,17). The topological polar surface area (TPSA) is 24.0 Å². The third kappa shape index (κ3) is 2.61. The van der Waals surface area contributed by atoms with Crippen LogP contribution in [-0.2, 0) is 0 Å². The molecule has 2 rings (SSSR count). The molecule has 0 bridgehead atoms. The highest BCUT2D eigenvalue weighted by molar-refractivity contribution is 9.10. The Balaban J connectivity index is 2.55. The van der Waals surface area contributed by atoms with Crippen LogP contribution in [0.25, 0.3) is 11.0 Å². The number of hydrogen-bond acceptors (Lipinski definition) is 2. The summed E-state index contributed by atoms with van der Waals surface area (Å²) in [5.74, 6) is 0. The lowest BCUT2D eigenvalue weighted by molar-refractivity contribution is 0.339. The van der Waals surface area contributed by atoms with E-state index < -0.39 is 0 Å². The second-order valence-electron chi connectivity index (χ2n) is 4.57. The SMILES string of the molecule is CC(CN(C)C)n1c(=S)[nH]c2ccc(Br)cc21. The van der Waals surface area contributed by atoms with E-state index in [1.54, 1.807) is 0 Å². The van der Waals surface area contributed by atoms with E-state index >= 15 is 0 Å². The fraction of sp³-hybridized carbons (Fsp3) is 0.417. The fourth-order valence-electron chi connectivity index (χ4n) is 2.14. The zero-order valence-electron chi connectivity index (χ0n) is 10.2. The summed E-state index contributed by atoms with van der Waals surface area (Å²) in [7, 11) is 4.15. The molecule has 0 aliphatic heterocycles. The Bertz CT molecular complexity index is 585. The summed E-state index contributed by atoms with van der Waals surface area (Å²) in [6, 6.07) is 6.52. The maximum Gasteiger partial charge on any atom is 0.178 e. The number of nitrogens with one attached hydrogen (secondary N) is 1. The van der Waals surface area contributed by atoms with E-state index in [0.29, 0.717) is 6.04 Å². The number of benzene rings is 1. The van der Waals surface area contributed by atoms with Crippen LogP contribution in [-0.4, -0.2) is 35.1 Å². The first-order valence-electron chi connectivity index (χ1n) is 5.53. The van der Waals surface area contributed by atoms with E-state index in [2.05, 4.69) is 57.5 Å². The molecule has 0 aliphatic rings. The summed E-state index contributed by atoms with van der Waals surface area (Å²) >= 11 is 8.90. The second kappa shape index (κ2) is 4.92. The van der Waals surface area contributed by atoms with Crippen molar-refractivity contribution in [1.29, 1.82) is 0 Å². The van der Waals surface area contributed by atoms with Crippen LogP contribution in [0, 0.1) is 4.77 Å². The lowest BCUT2D eigenvalue weighted by Gasteiger charge is -2.19. The Labute approximate surface area is 115 Å². The number of halogens is 1. The van der Waals surface area contributed by atoms with Gasteiger partial charge in [0.15, 0.2) is 4.77 Å². The molecule has 1 unspecified atom stereocenters. The third-order valence-corrected chi connectivity index (χ3v) is 3.54. The van der Waals surface area contributed by atoms with Gasteiger partial charge in [-0.3, -0.25) is 0 Å². The molecule has 17 heavy (non-hydrogen) atoms. The molecule has 0 radical (unpaired) electrons. The molecule has 92 valence electrons. The van der Waals surface area contributed by atoms with Crippen molar-refractivity contribution < 1.29 is 0 Å². The minimum atomic E-state index is 0.348. The molecule has 1 aromatic heterocycles. The van der Waals surface area contributed by atoms with Gasteiger partial charge in [0.1, 0.15) is 0 Å². The van der Waals surface area contributed by atoms with Crippen LogP contribution in [0.2, 0.25) is 0 Å². The first-order valence-corrected chi connectivity index (χ1v) is 6.73. The quantitative estimate of drug-likeness (QED) is 0.876. The molecule has 0 saturated heterocycles. The van der Waals surface area contributed by atoms with E-state index in [9.17, 15) is 0 Å². The van der Waals surface area contributed by atoms with Gasteiger partial charge in [-0.05, 0) is 51.4 Å². The molecular weight excluding hydrogens is 298 g/mol. The molecule has 1 N–H and O–H groups in total. The van der Waals surface area contributed by atoms with Crippen LogP contribution in [0.1, 0.15) is 13.0 Å². The Morgan fingerprint density at radius 3 is 2.82 bits per heavy atom. The molecule has 1 atom stereocenters. The Morgan fingerprint density at radius 1 is 1.47 bits per heavy atom. The summed E-state index contributed by atoms with van der Waals surface area (Å²) in [4.78, 5) is 5.42. The first-order chi connectivity index (χ1) is 7.99. The molecule has 0 fully saturated rings. The summed E-state index contributed by atoms with van der Waals surface area (Å²) in [5, 5.41) is 0. The Kier molecular flexibility index (Phi) is 3.70. The maximum absolute atomic E-state index is 5.40. The number of nitrogens with zero attached hydrogens (tertiary/aromatic N) is 2. The van der Waals surface area contributed by atoms with Gasteiger partial charge in [0.2, 0.25) is 0 Å². The molecule has 1 heterocycles. The normalized spacial score (nSPS) is 13.5. The number of fused-ring (bicyclic) bond motifs is 1. The largest absolute Gasteiger partial charge is 0.331 e. The van der Waals surface area contributed by atoms with Crippen LogP contribution in [0.5, 0.6) is 0 Å². The molecule has 1 aromatic carbocycles. The lowest BCUT2D eigenvalue weighted by Crippen LogP contribution is -2.22. The van der Waals surface area contributed by atoms with Gasteiger partial charge in [0, 0.05) is 17.1 Å². The highest BCUT2D eigenvalue weighted by atomic mass is 79.9. The van der Waals surface area contributed by atoms with Gasteiger partial charge in [-0.25, -0.2) is 0 Å². The predicted octanol–water partition coefficient (Wildman–Crippen LogP) is 3.58. The zero-order valence-corrected chi connectivity index (χ0v) is 12.6. The highest BCUT2D eigenvalue weighted by Gasteiger charge is 2.12. The van der Waals surface area contributed by atoms with E-state index in [4.69, 9.17) is 12.2 Å². The minimum absolute atomic E-state index is 0.348. The van der Waals surface area contributed by atoms with Crippen molar-refractivity contribution in [3.63, 3.8) is 0 Å². The highest BCUT2D eigenvalue weighted by Crippen LogP contribution is 2.23. The van der Waals surface area contributed by atoms with Crippen LogP contribution >= 0.6 is 28.1 Å². The van der Waals surface area contributed by atoms with Crippen molar-refractivity contribution in [2.75, 3.05) is 20.6 Å². The van der Waals surface area contributed by atoms with E-state index in [1.165, 1.54) is 0 Å². The minimum Gasteiger partial charge on any atom is -0.331 e. The maximum atomic E-state index is 5.40. The smallest absolute Gasteiger partial charge is 0.178 e. The molecule has 0 saturated carbocycles. The van der Waals surface area contributed by atoms with Crippen molar-refractivity contribution in [3.05, 3.63) is 27.4 Å². The molecule has 2 aromatic rings. The fourth-order valence-corrected chi connectivity index (χ4v) is 2.88. The summed E-state index contributed by atoms with van der Waals surface area (Å²) in [6.07, 6.45) is 0. The van der Waals surface area contributed by atoms with Crippen LogP contribution < -0.4 is 0 Å². The molecule has 3 nitrogen and oxygen atoms in total. The number of aromatic nitrogens is 2. The zero-order chi connectivity index (χ0) is 12.6. The second-order valence-corrected chi connectivity index (χ2v) is 5.88. The molecule has 5 heteroatoms. The van der Waals surface area contributed by atoms with Crippen molar-refractivity contribution in [3.8, 4) is 0 Å². The number of imidazole rings is 1. The van der Waals surface area contributed by atoms with Gasteiger partial charge in [-0.2, -0.15) is 0 Å². The van der Waals surface area contributed by atoms with Crippen molar-refractivity contribution >= 4 is 39.2 Å². The molecule has 0 amide bonds. The predicted molar refractivity (Wildman–Crippen MR) is 78.1 cm³/mol. The average Bonchev–Trinajstić information content (AvgIpc) is 2.52. The molecule has 0 spiro atoms. The van der Waals surface area contributed by atoms with Gasteiger partial charge < -0.3 is 14.5 Å².